The van der Waals surface area contributed by atoms with Crippen molar-refractivity contribution in [2.45, 2.75) is 50.7 Å². The molecular formula is C18H23N3O2S2. The lowest BCUT2D eigenvalue weighted by Gasteiger charge is -2.10. The maximum Gasteiger partial charge on any atom is 0.263 e. The van der Waals surface area contributed by atoms with Gasteiger partial charge in [-0.3, -0.25) is 14.2 Å². The minimum atomic E-state index is -0.0468. The molecular weight excluding hydrogens is 354 g/mol. The number of nitrogens with one attached hydrogen (secondary N) is 1. The fourth-order valence-corrected chi connectivity index (χ4v) is 5.33. The van der Waals surface area contributed by atoms with Crippen molar-refractivity contribution in [3.63, 3.8) is 0 Å². The largest absolute Gasteiger partial charge is 0.356 e. The molecule has 3 rings (SSSR count). The van der Waals surface area contributed by atoms with Crippen LogP contribution in [0.25, 0.3) is 10.2 Å². The molecule has 2 aromatic rings. The predicted molar refractivity (Wildman–Crippen MR) is 105 cm³/mol. The first-order valence-electron chi connectivity index (χ1n) is 8.65. The fourth-order valence-electron chi connectivity index (χ4n) is 3.17. The Bertz CT molecular complexity index is 854. The molecule has 0 fully saturated rings. The Morgan fingerprint density at radius 2 is 2.20 bits per heavy atom. The summed E-state index contributed by atoms with van der Waals surface area (Å²) >= 11 is 3.18. The van der Waals surface area contributed by atoms with Gasteiger partial charge in [-0.1, -0.05) is 24.3 Å². The number of carbonyl (C=O) groups is 1. The Labute approximate surface area is 155 Å². The van der Waals surface area contributed by atoms with Gasteiger partial charge in [0.2, 0.25) is 5.91 Å². The first-order valence-corrected chi connectivity index (χ1v) is 10.4. The van der Waals surface area contributed by atoms with Gasteiger partial charge in [0.15, 0.2) is 5.16 Å². The van der Waals surface area contributed by atoms with E-state index in [1.54, 1.807) is 22.0 Å². The number of amides is 1. The molecule has 0 spiro atoms. The molecule has 0 aliphatic heterocycles. The number of fused-ring (bicyclic) bond motifs is 3. The molecule has 0 aromatic carbocycles. The van der Waals surface area contributed by atoms with E-state index in [4.69, 9.17) is 4.98 Å². The molecule has 0 bridgehead atoms. The number of hydrogen-bond acceptors (Lipinski definition) is 5. The number of nitrogens with zero attached hydrogens (tertiary/aromatic N) is 2. The van der Waals surface area contributed by atoms with Crippen LogP contribution in [0, 0.1) is 0 Å². The summed E-state index contributed by atoms with van der Waals surface area (Å²) in [6, 6.07) is 0. The van der Waals surface area contributed by atoms with Gasteiger partial charge in [0.25, 0.3) is 5.56 Å². The van der Waals surface area contributed by atoms with Crippen molar-refractivity contribution in [1.29, 1.82) is 0 Å². The number of thioether (sulfide) groups is 1. The molecule has 0 saturated heterocycles. The highest BCUT2D eigenvalue weighted by Crippen LogP contribution is 2.34. The molecule has 1 aliphatic rings. The molecule has 0 atom stereocenters. The average Bonchev–Trinajstić information content (AvgIpc) is 2.76. The third kappa shape index (κ3) is 3.98. The van der Waals surface area contributed by atoms with Crippen LogP contribution in [0.15, 0.2) is 22.6 Å². The standard InChI is InChI=1S/C18H23N3O2S2/c1-3-10-21-17(23)15-13-7-5-4-6-8-14(13)25-16(15)20-18(21)24-11-9-19-12(2)22/h3H,1,4-11H2,2H3,(H,19,22). The van der Waals surface area contributed by atoms with Crippen molar-refractivity contribution in [3.05, 3.63) is 33.4 Å². The van der Waals surface area contributed by atoms with Gasteiger partial charge in [0, 0.05) is 30.6 Å². The molecule has 1 amide bonds. The number of aryl methyl sites for hydroxylation is 2. The van der Waals surface area contributed by atoms with Gasteiger partial charge in [0.1, 0.15) is 4.83 Å². The second kappa shape index (κ2) is 8.19. The van der Waals surface area contributed by atoms with Crippen molar-refractivity contribution < 1.29 is 4.79 Å². The molecule has 2 aromatic heterocycles. The first kappa shape index (κ1) is 18.2. The Morgan fingerprint density at radius 3 is 2.96 bits per heavy atom. The highest BCUT2D eigenvalue weighted by Gasteiger charge is 2.21. The van der Waals surface area contributed by atoms with E-state index in [1.807, 2.05) is 0 Å². The summed E-state index contributed by atoms with van der Waals surface area (Å²) in [4.78, 5) is 31.1. The van der Waals surface area contributed by atoms with Gasteiger partial charge in [0.05, 0.1) is 5.39 Å². The van der Waals surface area contributed by atoms with E-state index >= 15 is 0 Å². The van der Waals surface area contributed by atoms with E-state index in [-0.39, 0.29) is 11.5 Å². The second-order valence-corrected chi connectivity index (χ2v) is 8.32. The van der Waals surface area contributed by atoms with Gasteiger partial charge < -0.3 is 5.32 Å². The summed E-state index contributed by atoms with van der Waals surface area (Å²) in [5.74, 6) is 0.634. The number of rotatable bonds is 6. The molecule has 7 heteroatoms. The first-order chi connectivity index (χ1) is 12.1. The zero-order valence-corrected chi connectivity index (χ0v) is 16.1. The lowest BCUT2D eigenvalue weighted by molar-refractivity contribution is -0.118. The van der Waals surface area contributed by atoms with Crippen LogP contribution in [0.4, 0.5) is 0 Å². The van der Waals surface area contributed by atoms with E-state index in [9.17, 15) is 9.59 Å². The van der Waals surface area contributed by atoms with Crippen molar-refractivity contribution >= 4 is 39.2 Å². The lowest BCUT2D eigenvalue weighted by atomic mass is 10.1. The smallest absolute Gasteiger partial charge is 0.263 e. The second-order valence-electron chi connectivity index (χ2n) is 6.17. The molecule has 134 valence electrons. The molecule has 1 aliphatic carbocycles. The summed E-state index contributed by atoms with van der Waals surface area (Å²) in [7, 11) is 0. The SMILES string of the molecule is C=CCn1c(SCCNC(C)=O)nc2sc3c(c2c1=O)CCCCC3. The van der Waals surface area contributed by atoms with E-state index in [2.05, 4.69) is 11.9 Å². The topological polar surface area (TPSA) is 64.0 Å². The monoisotopic (exact) mass is 377 g/mol. The Balaban J connectivity index is 1.99. The predicted octanol–water partition coefficient (Wildman–Crippen LogP) is 3.14. The van der Waals surface area contributed by atoms with Crippen LogP contribution in [0.3, 0.4) is 0 Å². The molecule has 25 heavy (non-hydrogen) atoms. The highest BCUT2D eigenvalue weighted by atomic mass is 32.2. The summed E-state index contributed by atoms with van der Waals surface area (Å²) in [6.45, 7) is 6.29. The minimum absolute atomic E-state index is 0.0468. The van der Waals surface area contributed by atoms with Crippen LogP contribution in [-0.4, -0.2) is 27.8 Å². The maximum absolute atomic E-state index is 13.1. The van der Waals surface area contributed by atoms with E-state index in [0.717, 1.165) is 29.5 Å². The van der Waals surface area contributed by atoms with Crippen LogP contribution in [0.2, 0.25) is 0 Å². The van der Waals surface area contributed by atoms with Crippen molar-refractivity contribution in [2.24, 2.45) is 0 Å². The highest BCUT2D eigenvalue weighted by molar-refractivity contribution is 7.99. The summed E-state index contributed by atoms with van der Waals surface area (Å²) in [5, 5.41) is 4.30. The quantitative estimate of drug-likeness (QED) is 0.276. The Kier molecular flexibility index (Phi) is 5.96. The third-order valence-electron chi connectivity index (χ3n) is 4.31. The Morgan fingerprint density at radius 1 is 1.40 bits per heavy atom. The molecule has 5 nitrogen and oxygen atoms in total. The van der Waals surface area contributed by atoms with Gasteiger partial charge >= 0.3 is 0 Å². The van der Waals surface area contributed by atoms with Gasteiger partial charge in [-0.2, -0.15) is 0 Å². The molecule has 0 unspecified atom stereocenters. The molecule has 2 heterocycles. The maximum atomic E-state index is 13.1. The number of thiophene rings is 1. The number of aromatic nitrogens is 2. The van der Waals surface area contributed by atoms with Crippen LogP contribution in [0.5, 0.6) is 0 Å². The number of carbonyl (C=O) groups excluding carboxylic acids is 1. The van der Waals surface area contributed by atoms with E-state index in [1.165, 1.54) is 42.0 Å². The van der Waals surface area contributed by atoms with Gasteiger partial charge in [-0.15, -0.1) is 17.9 Å². The zero-order chi connectivity index (χ0) is 17.8. The van der Waals surface area contributed by atoms with Crippen molar-refractivity contribution in [3.8, 4) is 0 Å². The van der Waals surface area contributed by atoms with Crippen LogP contribution >= 0.6 is 23.1 Å². The van der Waals surface area contributed by atoms with Crippen molar-refractivity contribution in [2.75, 3.05) is 12.3 Å². The summed E-state index contributed by atoms with van der Waals surface area (Å²) in [6.07, 6.45) is 7.34. The normalized spacial score (nSPS) is 14.1. The molecule has 1 N–H and O–H groups in total. The van der Waals surface area contributed by atoms with E-state index < -0.39 is 0 Å². The van der Waals surface area contributed by atoms with Gasteiger partial charge in [-0.05, 0) is 31.2 Å². The molecule has 0 radical (unpaired) electrons. The average molecular weight is 378 g/mol. The van der Waals surface area contributed by atoms with Crippen LogP contribution in [0.1, 0.15) is 36.6 Å². The summed E-state index contributed by atoms with van der Waals surface area (Å²) in [5.41, 5.74) is 1.27. The lowest BCUT2D eigenvalue weighted by Crippen LogP contribution is -2.25. The third-order valence-corrected chi connectivity index (χ3v) is 6.47. The number of allylic oxidation sites excluding steroid dienone is 1. The number of hydrogen-bond donors (Lipinski definition) is 1. The Hall–Kier alpha value is -1.60. The minimum Gasteiger partial charge on any atom is -0.356 e. The fraction of sp³-hybridized carbons (Fsp3) is 0.500. The van der Waals surface area contributed by atoms with Crippen molar-refractivity contribution in [1.82, 2.24) is 14.9 Å². The van der Waals surface area contributed by atoms with Gasteiger partial charge in [-0.25, -0.2) is 4.98 Å². The van der Waals surface area contributed by atoms with Crippen LogP contribution < -0.4 is 10.9 Å². The zero-order valence-electron chi connectivity index (χ0n) is 14.5. The van der Waals surface area contributed by atoms with Crippen LogP contribution in [-0.2, 0) is 24.2 Å². The summed E-state index contributed by atoms with van der Waals surface area (Å²) < 4.78 is 1.71. The molecule has 0 saturated carbocycles. The van der Waals surface area contributed by atoms with E-state index in [0.29, 0.717) is 24.0 Å².